The average molecular weight is 495 g/mol. The van der Waals surface area contributed by atoms with Crippen LogP contribution in [0.25, 0.3) is 0 Å². The van der Waals surface area contributed by atoms with Crippen LogP contribution in [0, 0.1) is 0 Å². The number of ether oxygens (including phenoxy) is 1. The fraction of sp³-hybridized carbons (Fsp3) is 0.238. The number of amides is 1. The van der Waals surface area contributed by atoms with Gasteiger partial charge in [-0.3, -0.25) is 4.79 Å². The smallest absolute Gasteiger partial charge is 0.410 e. The summed E-state index contributed by atoms with van der Waals surface area (Å²) in [5.41, 5.74) is 1.10. The molecule has 1 aliphatic rings. The van der Waals surface area contributed by atoms with Crippen LogP contribution in [-0.4, -0.2) is 29.0 Å². The van der Waals surface area contributed by atoms with Crippen LogP contribution in [0.1, 0.15) is 34.4 Å². The number of anilines is 2. The van der Waals surface area contributed by atoms with Crippen molar-refractivity contribution in [3.63, 3.8) is 0 Å². The Balaban J connectivity index is 1.69. The van der Waals surface area contributed by atoms with E-state index in [-0.39, 0.29) is 17.8 Å². The van der Waals surface area contributed by atoms with Crippen LogP contribution in [-0.2, 0) is 0 Å². The van der Waals surface area contributed by atoms with Crippen LogP contribution in [0.2, 0.25) is 0 Å². The van der Waals surface area contributed by atoms with Gasteiger partial charge >= 0.3 is 6.18 Å². The van der Waals surface area contributed by atoms with Crippen molar-refractivity contribution in [1.82, 2.24) is 9.78 Å². The van der Waals surface area contributed by atoms with Crippen molar-refractivity contribution in [1.29, 1.82) is 0 Å². The lowest BCUT2D eigenvalue weighted by Crippen LogP contribution is -2.36. The minimum absolute atomic E-state index is 0.0157. The minimum atomic E-state index is -4.52. The maximum Gasteiger partial charge on any atom is 0.410 e. The summed E-state index contributed by atoms with van der Waals surface area (Å²) < 4.78 is 48.3. The number of alkyl halides is 3. The number of carbonyl (C=O) groups is 1. The highest BCUT2D eigenvalue weighted by Crippen LogP contribution is 2.44. The molecule has 2 atom stereocenters. The van der Waals surface area contributed by atoms with E-state index in [9.17, 15) is 18.0 Å². The molecule has 2 aromatic carbocycles. The number of fused-ring (bicyclic) bond motifs is 1. The topological polar surface area (TPSA) is 68.2 Å². The van der Waals surface area contributed by atoms with Gasteiger partial charge in [-0.2, -0.15) is 18.3 Å². The Kier molecular flexibility index (Phi) is 5.65. The molecule has 0 saturated carbocycles. The van der Waals surface area contributed by atoms with Crippen molar-refractivity contribution < 1.29 is 22.7 Å². The van der Waals surface area contributed by atoms with Gasteiger partial charge in [-0.1, -0.05) is 40.2 Å². The van der Waals surface area contributed by atoms with Crippen LogP contribution in [0.3, 0.4) is 0 Å². The van der Waals surface area contributed by atoms with E-state index >= 15 is 0 Å². The molecule has 3 aromatic rings. The number of hydrogen-bond acceptors (Lipinski definition) is 4. The molecule has 0 aliphatic carbocycles. The lowest BCUT2D eigenvalue weighted by Gasteiger charge is -2.34. The molecule has 6 nitrogen and oxygen atoms in total. The van der Waals surface area contributed by atoms with Crippen molar-refractivity contribution in [2.75, 3.05) is 17.7 Å². The minimum Gasteiger partial charge on any atom is -0.495 e. The number of halogens is 4. The largest absolute Gasteiger partial charge is 0.495 e. The molecule has 162 valence electrons. The zero-order valence-corrected chi connectivity index (χ0v) is 17.9. The van der Waals surface area contributed by atoms with E-state index in [4.69, 9.17) is 4.74 Å². The first-order valence-electron chi connectivity index (χ1n) is 9.38. The molecule has 0 bridgehead atoms. The second-order valence-corrected chi connectivity index (χ2v) is 7.96. The van der Waals surface area contributed by atoms with Crippen LogP contribution in [0.15, 0.2) is 59.2 Å². The van der Waals surface area contributed by atoms with E-state index in [1.54, 1.807) is 48.5 Å². The maximum atomic E-state index is 13.8. The van der Waals surface area contributed by atoms with Crippen LogP contribution >= 0.6 is 15.9 Å². The van der Waals surface area contributed by atoms with Gasteiger partial charge in [-0.05, 0) is 29.8 Å². The molecule has 0 unspecified atom stereocenters. The highest BCUT2D eigenvalue weighted by molar-refractivity contribution is 9.10. The summed E-state index contributed by atoms with van der Waals surface area (Å²) in [5, 5.41) is 9.64. The van der Waals surface area contributed by atoms with E-state index in [2.05, 4.69) is 31.7 Å². The Morgan fingerprint density at radius 2 is 1.94 bits per heavy atom. The number of hydrogen-bond donors (Lipinski definition) is 2. The number of benzene rings is 2. The third-order valence-corrected chi connectivity index (χ3v) is 5.64. The number of carbonyl (C=O) groups excluding carboxylic acids is 1. The Morgan fingerprint density at radius 1 is 1.23 bits per heavy atom. The molecule has 1 amide bonds. The van der Waals surface area contributed by atoms with Gasteiger partial charge in [-0.15, -0.1) is 0 Å². The summed E-state index contributed by atoms with van der Waals surface area (Å²) >= 11 is 3.33. The summed E-state index contributed by atoms with van der Waals surface area (Å²) in [7, 11) is 1.46. The predicted octanol–water partition coefficient (Wildman–Crippen LogP) is 5.57. The highest BCUT2D eigenvalue weighted by atomic mass is 79.9. The zero-order chi connectivity index (χ0) is 22.2. The highest BCUT2D eigenvalue weighted by Gasteiger charge is 2.47. The lowest BCUT2D eigenvalue weighted by atomic mass is 9.96. The molecule has 1 aromatic heterocycles. The fourth-order valence-corrected chi connectivity index (χ4v) is 3.84. The Bertz CT molecular complexity index is 1100. The number of nitrogens with zero attached hydrogens (tertiary/aromatic N) is 2. The molecule has 10 heteroatoms. The van der Waals surface area contributed by atoms with Crippen molar-refractivity contribution in [2.24, 2.45) is 0 Å². The average Bonchev–Trinajstić information content (AvgIpc) is 3.17. The van der Waals surface area contributed by atoms with Gasteiger partial charge in [0, 0.05) is 10.9 Å². The molecule has 2 N–H and O–H groups in total. The summed E-state index contributed by atoms with van der Waals surface area (Å²) in [6.07, 6.45) is -3.62. The van der Waals surface area contributed by atoms with Gasteiger partial charge in [0.15, 0.2) is 6.04 Å². The first-order valence-corrected chi connectivity index (χ1v) is 10.2. The van der Waals surface area contributed by atoms with Crippen LogP contribution < -0.4 is 15.4 Å². The monoisotopic (exact) mass is 494 g/mol. The summed E-state index contributed by atoms with van der Waals surface area (Å²) in [6.45, 7) is 0. The van der Waals surface area contributed by atoms with Crippen molar-refractivity contribution >= 4 is 33.3 Å². The Hall–Kier alpha value is -3.01. The fourth-order valence-electron chi connectivity index (χ4n) is 3.58. The molecular formula is C21H18BrF3N4O2. The molecule has 0 radical (unpaired) electrons. The van der Waals surface area contributed by atoms with E-state index in [1.807, 2.05) is 0 Å². The van der Waals surface area contributed by atoms with Crippen molar-refractivity contribution in [2.45, 2.75) is 24.7 Å². The SMILES string of the molecule is COc1ccccc1NC(=O)c1cnn2c1N[C@H](c1ccc(Br)cc1)C[C@H]2C(F)(F)F. The van der Waals surface area contributed by atoms with Crippen molar-refractivity contribution in [3.8, 4) is 5.75 Å². The van der Waals surface area contributed by atoms with E-state index in [0.29, 0.717) is 17.0 Å². The summed E-state index contributed by atoms with van der Waals surface area (Å²) in [4.78, 5) is 12.9. The van der Waals surface area contributed by atoms with Gasteiger partial charge < -0.3 is 15.4 Å². The van der Waals surface area contributed by atoms with Crippen LogP contribution in [0.4, 0.5) is 24.7 Å². The number of rotatable bonds is 4. The number of aromatic nitrogens is 2. The normalized spacial score (nSPS) is 18.1. The van der Waals surface area contributed by atoms with E-state index in [0.717, 1.165) is 15.4 Å². The summed E-state index contributed by atoms with van der Waals surface area (Å²) in [6, 6.07) is 11.3. The molecule has 4 rings (SSSR count). The van der Waals surface area contributed by atoms with Gasteiger partial charge in [0.05, 0.1) is 25.0 Å². The molecule has 0 spiro atoms. The molecule has 0 saturated heterocycles. The first kappa shape index (κ1) is 21.2. The van der Waals surface area contributed by atoms with Gasteiger partial charge in [0.2, 0.25) is 0 Å². The van der Waals surface area contributed by atoms with Crippen LogP contribution in [0.5, 0.6) is 5.75 Å². The maximum absolute atomic E-state index is 13.8. The molecule has 1 aliphatic heterocycles. The van der Waals surface area contributed by atoms with Gasteiger partial charge in [0.1, 0.15) is 17.1 Å². The number of para-hydroxylation sites is 2. The number of methoxy groups -OCH3 is 1. The second kappa shape index (κ2) is 8.26. The van der Waals surface area contributed by atoms with Gasteiger partial charge in [-0.25, -0.2) is 4.68 Å². The zero-order valence-electron chi connectivity index (χ0n) is 16.3. The molecular weight excluding hydrogens is 477 g/mol. The molecule has 31 heavy (non-hydrogen) atoms. The Morgan fingerprint density at radius 3 is 2.61 bits per heavy atom. The Labute approximate surface area is 184 Å². The third kappa shape index (κ3) is 4.25. The molecule has 0 fully saturated rings. The first-order chi connectivity index (χ1) is 14.8. The lowest BCUT2D eigenvalue weighted by molar-refractivity contribution is -0.173. The number of nitrogens with one attached hydrogen (secondary N) is 2. The third-order valence-electron chi connectivity index (χ3n) is 5.11. The van der Waals surface area contributed by atoms with E-state index < -0.39 is 24.2 Å². The predicted molar refractivity (Wildman–Crippen MR) is 113 cm³/mol. The second-order valence-electron chi connectivity index (χ2n) is 7.05. The quantitative estimate of drug-likeness (QED) is 0.497. The van der Waals surface area contributed by atoms with E-state index in [1.165, 1.54) is 7.11 Å². The van der Waals surface area contributed by atoms with Gasteiger partial charge in [0.25, 0.3) is 5.91 Å². The van der Waals surface area contributed by atoms with Crippen molar-refractivity contribution in [3.05, 3.63) is 70.3 Å². The molecule has 2 heterocycles. The standard InChI is InChI=1S/C21H18BrF3N4O2/c1-31-17-5-3-2-4-15(17)28-20(30)14-11-26-29-18(21(23,24)25)10-16(27-19(14)29)12-6-8-13(22)9-7-12/h2-9,11,16,18,27H,10H2,1H3,(H,28,30)/t16-,18-/m0/s1. The summed E-state index contributed by atoms with van der Waals surface area (Å²) in [5.74, 6) is -0.129.